The molecule has 5 nitrogen and oxygen atoms in total. The van der Waals surface area contributed by atoms with Crippen molar-refractivity contribution in [2.24, 2.45) is 0 Å². The topological polar surface area (TPSA) is 56.4 Å². The Morgan fingerprint density at radius 3 is 2.79 bits per heavy atom. The van der Waals surface area contributed by atoms with E-state index >= 15 is 0 Å². The summed E-state index contributed by atoms with van der Waals surface area (Å²) in [5.41, 5.74) is 1.48. The van der Waals surface area contributed by atoms with Crippen LogP contribution < -0.4 is 0 Å². The number of piperazine rings is 1. The van der Waals surface area contributed by atoms with E-state index < -0.39 is 0 Å². The highest BCUT2D eigenvalue weighted by Gasteiger charge is 2.26. The summed E-state index contributed by atoms with van der Waals surface area (Å²) in [5, 5.41) is 1.01. The summed E-state index contributed by atoms with van der Waals surface area (Å²) in [5.74, 6) is -0.131. The number of nitrogens with zero attached hydrogens (tertiary/aromatic N) is 2. The van der Waals surface area contributed by atoms with Gasteiger partial charge in [-0.3, -0.25) is 9.59 Å². The molecule has 1 aromatic heterocycles. The number of hydrogen-bond acceptors (Lipinski definition) is 2. The van der Waals surface area contributed by atoms with Gasteiger partial charge in [0.1, 0.15) is 12.2 Å². The fourth-order valence-corrected chi connectivity index (χ4v) is 2.29. The summed E-state index contributed by atoms with van der Waals surface area (Å²) in [6.07, 6.45) is 0. The SMILES string of the molecule is CN1CCN(C(=O)c2cc3ccccc3[nH]2)CC1=O. The molecule has 0 spiro atoms. The van der Waals surface area contributed by atoms with Crippen LogP contribution in [0, 0.1) is 0 Å². The largest absolute Gasteiger partial charge is 0.351 e. The molecule has 5 heteroatoms. The van der Waals surface area contributed by atoms with Crippen molar-refractivity contribution in [3.8, 4) is 0 Å². The standard InChI is InChI=1S/C14H15N3O2/c1-16-6-7-17(9-13(16)18)14(19)12-8-10-4-2-3-5-11(10)15-12/h2-5,8,15H,6-7,9H2,1H3. The van der Waals surface area contributed by atoms with Gasteiger partial charge in [-0.25, -0.2) is 0 Å². The molecule has 1 aliphatic heterocycles. The van der Waals surface area contributed by atoms with Crippen molar-refractivity contribution in [2.75, 3.05) is 26.7 Å². The number of amides is 2. The molecule has 2 heterocycles. The Morgan fingerprint density at radius 1 is 1.26 bits per heavy atom. The Balaban J connectivity index is 1.85. The Morgan fingerprint density at radius 2 is 2.05 bits per heavy atom. The number of hydrogen-bond donors (Lipinski definition) is 1. The normalized spacial score (nSPS) is 16.2. The molecule has 2 aromatic rings. The number of para-hydroxylation sites is 1. The molecule has 19 heavy (non-hydrogen) atoms. The Bertz CT molecular complexity index is 614. The van der Waals surface area contributed by atoms with Crippen LogP contribution in [0.15, 0.2) is 30.3 Å². The number of carbonyl (C=O) groups excluding carboxylic acids is 2. The second kappa shape index (κ2) is 4.42. The first kappa shape index (κ1) is 11.8. The third-order valence-electron chi connectivity index (χ3n) is 3.50. The first-order valence-electron chi connectivity index (χ1n) is 6.26. The van der Waals surface area contributed by atoms with E-state index in [2.05, 4.69) is 4.98 Å². The minimum absolute atomic E-state index is 0.0179. The van der Waals surface area contributed by atoms with E-state index in [0.717, 1.165) is 10.9 Å². The second-order valence-electron chi connectivity index (χ2n) is 4.81. The summed E-state index contributed by atoms with van der Waals surface area (Å²) < 4.78 is 0. The summed E-state index contributed by atoms with van der Waals surface area (Å²) in [6, 6.07) is 9.58. The molecule has 2 amide bonds. The number of aromatic amines is 1. The van der Waals surface area contributed by atoms with Gasteiger partial charge in [-0.1, -0.05) is 18.2 Å². The summed E-state index contributed by atoms with van der Waals surface area (Å²) in [6.45, 7) is 1.33. The number of fused-ring (bicyclic) bond motifs is 1. The van der Waals surface area contributed by atoms with Gasteiger partial charge in [-0.2, -0.15) is 0 Å². The van der Waals surface area contributed by atoms with Gasteiger partial charge in [0.15, 0.2) is 0 Å². The lowest BCUT2D eigenvalue weighted by molar-refractivity contribution is -0.133. The van der Waals surface area contributed by atoms with Crippen LogP contribution in [-0.2, 0) is 4.79 Å². The predicted octanol–water partition coefficient (Wildman–Crippen LogP) is 1.08. The molecule has 0 aliphatic carbocycles. The van der Waals surface area contributed by atoms with Crippen molar-refractivity contribution >= 4 is 22.7 Å². The molecule has 1 aliphatic rings. The maximum absolute atomic E-state index is 12.3. The highest BCUT2D eigenvalue weighted by atomic mass is 16.2. The van der Waals surface area contributed by atoms with Crippen LogP contribution in [0.1, 0.15) is 10.5 Å². The van der Waals surface area contributed by atoms with Crippen LogP contribution in [0.3, 0.4) is 0 Å². The Labute approximate surface area is 110 Å². The molecule has 0 radical (unpaired) electrons. The number of carbonyl (C=O) groups is 2. The average molecular weight is 257 g/mol. The van der Waals surface area contributed by atoms with Crippen molar-refractivity contribution in [1.82, 2.24) is 14.8 Å². The molecule has 1 saturated heterocycles. The molecule has 0 atom stereocenters. The number of nitrogens with one attached hydrogen (secondary N) is 1. The van der Waals surface area contributed by atoms with E-state index in [1.54, 1.807) is 16.8 Å². The highest BCUT2D eigenvalue weighted by Crippen LogP contribution is 2.16. The number of rotatable bonds is 1. The number of H-pyrrole nitrogens is 1. The zero-order chi connectivity index (χ0) is 13.4. The van der Waals surface area contributed by atoms with Crippen molar-refractivity contribution < 1.29 is 9.59 Å². The number of likely N-dealkylation sites (N-methyl/N-ethyl adjacent to an activating group) is 1. The van der Waals surface area contributed by atoms with Crippen LogP contribution in [0.25, 0.3) is 10.9 Å². The van der Waals surface area contributed by atoms with Crippen LogP contribution in [-0.4, -0.2) is 53.3 Å². The summed E-state index contributed by atoms with van der Waals surface area (Å²) in [7, 11) is 1.76. The first-order chi connectivity index (χ1) is 9.15. The van der Waals surface area contributed by atoms with Crippen molar-refractivity contribution in [3.63, 3.8) is 0 Å². The lowest BCUT2D eigenvalue weighted by Gasteiger charge is -2.31. The molecular weight excluding hydrogens is 242 g/mol. The van der Waals surface area contributed by atoms with Crippen LogP contribution in [0.5, 0.6) is 0 Å². The smallest absolute Gasteiger partial charge is 0.270 e. The van der Waals surface area contributed by atoms with Gasteiger partial charge in [0.25, 0.3) is 5.91 Å². The van der Waals surface area contributed by atoms with Gasteiger partial charge in [0.2, 0.25) is 5.91 Å². The van der Waals surface area contributed by atoms with Gasteiger partial charge in [-0.05, 0) is 12.1 Å². The Hall–Kier alpha value is -2.30. The maximum atomic E-state index is 12.3. The minimum atomic E-state index is -0.113. The molecule has 0 bridgehead atoms. The van der Waals surface area contributed by atoms with E-state index in [0.29, 0.717) is 18.8 Å². The monoisotopic (exact) mass is 257 g/mol. The third-order valence-corrected chi connectivity index (χ3v) is 3.50. The molecule has 1 fully saturated rings. The minimum Gasteiger partial charge on any atom is -0.351 e. The second-order valence-corrected chi connectivity index (χ2v) is 4.81. The number of benzene rings is 1. The van der Waals surface area contributed by atoms with Gasteiger partial charge >= 0.3 is 0 Å². The van der Waals surface area contributed by atoms with Crippen LogP contribution >= 0.6 is 0 Å². The average Bonchev–Trinajstić information content (AvgIpc) is 2.85. The summed E-state index contributed by atoms with van der Waals surface area (Å²) >= 11 is 0. The zero-order valence-corrected chi connectivity index (χ0v) is 10.7. The fraction of sp³-hybridized carbons (Fsp3) is 0.286. The maximum Gasteiger partial charge on any atom is 0.270 e. The van der Waals surface area contributed by atoms with Crippen molar-refractivity contribution in [3.05, 3.63) is 36.0 Å². The highest BCUT2D eigenvalue weighted by molar-refractivity contribution is 5.99. The van der Waals surface area contributed by atoms with Gasteiger partial charge < -0.3 is 14.8 Å². The van der Waals surface area contributed by atoms with Crippen LogP contribution in [0.2, 0.25) is 0 Å². The van der Waals surface area contributed by atoms with Crippen LogP contribution in [0.4, 0.5) is 0 Å². The van der Waals surface area contributed by atoms with E-state index in [9.17, 15) is 9.59 Å². The lowest BCUT2D eigenvalue weighted by Crippen LogP contribution is -2.50. The van der Waals surface area contributed by atoms with Gasteiger partial charge in [0, 0.05) is 31.0 Å². The molecule has 1 aromatic carbocycles. The van der Waals surface area contributed by atoms with Gasteiger partial charge in [-0.15, -0.1) is 0 Å². The fourth-order valence-electron chi connectivity index (χ4n) is 2.29. The van der Waals surface area contributed by atoms with E-state index in [-0.39, 0.29) is 18.4 Å². The van der Waals surface area contributed by atoms with E-state index in [1.807, 2.05) is 30.3 Å². The molecule has 0 saturated carbocycles. The summed E-state index contributed by atoms with van der Waals surface area (Å²) in [4.78, 5) is 30.3. The molecule has 98 valence electrons. The van der Waals surface area contributed by atoms with Crippen molar-refractivity contribution in [2.45, 2.75) is 0 Å². The third kappa shape index (κ3) is 2.07. The molecule has 0 unspecified atom stereocenters. The first-order valence-corrected chi connectivity index (χ1v) is 6.26. The van der Waals surface area contributed by atoms with Gasteiger partial charge in [0.05, 0.1) is 0 Å². The molecule has 3 rings (SSSR count). The number of aromatic nitrogens is 1. The molecular formula is C14H15N3O2. The Kier molecular flexibility index (Phi) is 2.74. The quantitative estimate of drug-likeness (QED) is 0.831. The predicted molar refractivity (Wildman–Crippen MR) is 71.8 cm³/mol. The molecule has 1 N–H and O–H groups in total. The van der Waals surface area contributed by atoms with E-state index in [4.69, 9.17) is 0 Å². The lowest BCUT2D eigenvalue weighted by atomic mass is 10.2. The zero-order valence-electron chi connectivity index (χ0n) is 10.7. The van der Waals surface area contributed by atoms with Crippen molar-refractivity contribution in [1.29, 1.82) is 0 Å². The van der Waals surface area contributed by atoms with E-state index in [1.165, 1.54) is 0 Å².